The zero-order valence-electron chi connectivity index (χ0n) is 16.1. The highest BCUT2D eigenvalue weighted by atomic mass is 35.5. The number of aliphatic hydroxyl groups is 1. The van der Waals surface area contributed by atoms with E-state index in [9.17, 15) is 9.59 Å². The average molecular weight is 453 g/mol. The first kappa shape index (κ1) is 21.0. The number of fused-ring (bicyclic) bond motifs is 1. The molecule has 0 radical (unpaired) electrons. The molecule has 156 valence electrons. The molecule has 2 heterocycles. The predicted molar refractivity (Wildman–Crippen MR) is 124 cm³/mol. The number of nitrogens with one attached hydrogen (secondary N) is 2. The van der Waals surface area contributed by atoms with Crippen molar-refractivity contribution < 1.29 is 14.7 Å². The number of anilines is 1. The fourth-order valence-corrected chi connectivity index (χ4v) is 3.94. The number of nitrogens with zero attached hydrogens (tertiary/aromatic N) is 2. The third-order valence-electron chi connectivity index (χ3n) is 4.41. The first-order valence-electron chi connectivity index (χ1n) is 9.36. The maximum atomic E-state index is 12.4. The van der Waals surface area contributed by atoms with E-state index in [0.717, 1.165) is 16.5 Å². The van der Waals surface area contributed by atoms with Gasteiger partial charge in [-0.25, -0.2) is 0 Å². The van der Waals surface area contributed by atoms with Crippen molar-refractivity contribution in [1.29, 1.82) is 0 Å². The molecule has 3 N–H and O–H groups in total. The summed E-state index contributed by atoms with van der Waals surface area (Å²) in [5.41, 5.74) is 2.57. The number of hydrogen-bond donors (Lipinski definition) is 3. The summed E-state index contributed by atoms with van der Waals surface area (Å²) in [4.78, 5) is 33.3. The molecule has 0 saturated carbocycles. The Kier molecular flexibility index (Phi) is 6.31. The number of amides is 2. The molecular formula is C22H17ClN4O3S. The number of aliphatic hydroxyl groups excluding tert-OH is 1. The van der Waals surface area contributed by atoms with Gasteiger partial charge in [-0.1, -0.05) is 23.7 Å². The van der Waals surface area contributed by atoms with Crippen molar-refractivity contribution in [3.05, 3.63) is 75.8 Å². The first-order valence-corrected chi connectivity index (χ1v) is 10.6. The van der Waals surface area contributed by atoms with E-state index in [2.05, 4.69) is 20.6 Å². The molecule has 9 heteroatoms. The summed E-state index contributed by atoms with van der Waals surface area (Å²) in [5.74, 6) is -0.691. The van der Waals surface area contributed by atoms with Crippen LogP contribution in [-0.4, -0.2) is 40.2 Å². The summed E-state index contributed by atoms with van der Waals surface area (Å²) in [6.07, 6.45) is 3.51. The molecule has 7 nitrogen and oxygen atoms in total. The highest BCUT2D eigenvalue weighted by Crippen LogP contribution is 2.32. The third-order valence-corrected chi connectivity index (χ3v) is 5.64. The highest BCUT2D eigenvalue weighted by molar-refractivity contribution is 8.18. The van der Waals surface area contributed by atoms with Gasteiger partial charge in [0.05, 0.1) is 27.7 Å². The second-order valence-electron chi connectivity index (χ2n) is 6.59. The van der Waals surface area contributed by atoms with Crippen LogP contribution in [0.1, 0.15) is 15.9 Å². The lowest BCUT2D eigenvalue weighted by atomic mass is 10.1. The lowest BCUT2D eigenvalue weighted by Crippen LogP contribution is -2.26. The van der Waals surface area contributed by atoms with E-state index in [4.69, 9.17) is 16.7 Å². The van der Waals surface area contributed by atoms with Gasteiger partial charge in [0.2, 0.25) is 0 Å². The minimum Gasteiger partial charge on any atom is -0.395 e. The number of halogens is 1. The minimum absolute atomic E-state index is 0.150. The van der Waals surface area contributed by atoms with E-state index in [1.54, 1.807) is 30.5 Å². The molecule has 31 heavy (non-hydrogen) atoms. The van der Waals surface area contributed by atoms with Gasteiger partial charge in [0.1, 0.15) is 0 Å². The molecule has 1 aromatic heterocycles. The van der Waals surface area contributed by atoms with Gasteiger partial charge >= 0.3 is 0 Å². The number of rotatable bonds is 5. The zero-order valence-corrected chi connectivity index (χ0v) is 17.7. The summed E-state index contributed by atoms with van der Waals surface area (Å²) in [6, 6.07) is 14.3. The molecule has 0 unspecified atom stereocenters. The van der Waals surface area contributed by atoms with Crippen LogP contribution in [0.3, 0.4) is 0 Å². The van der Waals surface area contributed by atoms with Crippen molar-refractivity contribution in [2.75, 3.05) is 18.5 Å². The van der Waals surface area contributed by atoms with Crippen LogP contribution in [-0.2, 0) is 4.79 Å². The van der Waals surface area contributed by atoms with Crippen LogP contribution in [0.4, 0.5) is 5.69 Å². The van der Waals surface area contributed by atoms with Gasteiger partial charge in [0.15, 0.2) is 5.17 Å². The minimum atomic E-state index is -0.355. The third kappa shape index (κ3) is 4.93. The number of aromatic nitrogens is 1. The monoisotopic (exact) mass is 452 g/mol. The van der Waals surface area contributed by atoms with Gasteiger partial charge in [0.25, 0.3) is 11.8 Å². The fraction of sp³-hybridized carbons (Fsp3) is 0.0909. The van der Waals surface area contributed by atoms with E-state index in [1.165, 1.54) is 11.8 Å². The van der Waals surface area contributed by atoms with Gasteiger partial charge in [-0.2, -0.15) is 4.99 Å². The summed E-state index contributed by atoms with van der Waals surface area (Å²) >= 11 is 7.43. The standard InChI is InChI=1S/C22H17ClN4O3S/c23-16-5-4-15(20(29)25-8-9-28)12-18(16)26-22-27-21(30)19(31-22)11-13-3-6-17-14(10-13)2-1-7-24-17/h1-7,10-12,28H,8-9H2,(H,25,29)(H,26,27,30)/b19-11-. The topological polar surface area (TPSA) is 104 Å². The van der Waals surface area contributed by atoms with Crippen molar-refractivity contribution in [3.63, 3.8) is 0 Å². The van der Waals surface area contributed by atoms with Crippen molar-refractivity contribution in [3.8, 4) is 0 Å². The van der Waals surface area contributed by atoms with E-state index in [-0.39, 0.29) is 25.0 Å². The largest absolute Gasteiger partial charge is 0.395 e. The summed E-state index contributed by atoms with van der Waals surface area (Å²) in [5, 5.41) is 16.2. The summed E-state index contributed by atoms with van der Waals surface area (Å²) in [7, 11) is 0. The lowest BCUT2D eigenvalue weighted by Gasteiger charge is -2.10. The molecule has 0 atom stereocenters. The second-order valence-corrected chi connectivity index (χ2v) is 8.03. The molecule has 1 aliphatic rings. The maximum Gasteiger partial charge on any atom is 0.286 e. The summed E-state index contributed by atoms with van der Waals surface area (Å²) < 4.78 is 0. The Balaban J connectivity index is 1.51. The van der Waals surface area contributed by atoms with Crippen molar-refractivity contribution >= 4 is 63.0 Å². The van der Waals surface area contributed by atoms with Crippen LogP contribution in [0.25, 0.3) is 17.0 Å². The Morgan fingerprint density at radius 3 is 2.90 bits per heavy atom. The van der Waals surface area contributed by atoms with Crippen LogP contribution in [0.15, 0.2) is 64.6 Å². The van der Waals surface area contributed by atoms with Gasteiger partial charge < -0.3 is 15.7 Å². The maximum absolute atomic E-state index is 12.4. The zero-order chi connectivity index (χ0) is 21.8. The van der Waals surface area contributed by atoms with Gasteiger partial charge in [-0.15, -0.1) is 0 Å². The normalized spacial score (nSPS) is 14.7. The van der Waals surface area contributed by atoms with E-state index >= 15 is 0 Å². The Bertz CT molecular complexity index is 1240. The number of amidine groups is 1. The van der Waals surface area contributed by atoms with Crippen LogP contribution < -0.4 is 10.6 Å². The number of aliphatic imine (C=N–C) groups is 1. The van der Waals surface area contributed by atoms with Crippen molar-refractivity contribution in [2.45, 2.75) is 0 Å². The quantitative estimate of drug-likeness (QED) is 0.510. The molecule has 3 aromatic rings. The number of benzene rings is 2. The number of thioether (sulfide) groups is 1. The Labute approximate surface area is 187 Å². The van der Waals surface area contributed by atoms with Crippen LogP contribution in [0.2, 0.25) is 5.02 Å². The highest BCUT2D eigenvalue weighted by Gasteiger charge is 2.23. The van der Waals surface area contributed by atoms with E-state index in [0.29, 0.717) is 26.3 Å². The van der Waals surface area contributed by atoms with Crippen LogP contribution >= 0.6 is 23.4 Å². The van der Waals surface area contributed by atoms with Crippen molar-refractivity contribution in [2.24, 2.45) is 4.99 Å². The number of pyridine rings is 1. The number of carbonyl (C=O) groups is 2. The molecule has 0 bridgehead atoms. The average Bonchev–Trinajstić information content (AvgIpc) is 3.12. The Morgan fingerprint density at radius 1 is 1.19 bits per heavy atom. The van der Waals surface area contributed by atoms with Gasteiger partial charge in [-0.3, -0.25) is 14.6 Å². The Hall–Kier alpha value is -3.20. The van der Waals surface area contributed by atoms with Crippen LogP contribution in [0.5, 0.6) is 0 Å². The molecule has 4 rings (SSSR count). The van der Waals surface area contributed by atoms with E-state index in [1.807, 2.05) is 30.3 Å². The second kappa shape index (κ2) is 9.30. The fourth-order valence-electron chi connectivity index (χ4n) is 2.95. The van der Waals surface area contributed by atoms with Gasteiger partial charge in [-0.05, 0) is 59.8 Å². The van der Waals surface area contributed by atoms with Crippen LogP contribution in [0, 0.1) is 0 Å². The lowest BCUT2D eigenvalue weighted by molar-refractivity contribution is -0.113. The molecule has 2 amide bonds. The molecule has 0 saturated heterocycles. The molecular weight excluding hydrogens is 436 g/mol. The van der Waals surface area contributed by atoms with Crippen molar-refractivity contribution in [1.82, 2.24) is 10.3 Å². The molecule has 0 spiro atoms. The number of hydrogen-bond acceptors (Lipinski definition) is 6. The van der Waals surface area contributed by atoms with Gasteiger partial charge in [0, 0.05) is 23.7 Å². The SMILES string of the molecule is O=C1N=C(Nc2cc(C(=O)NCCO)ccc2Cl)S/C1=C\c1ccc2ncccc2c1. The molecule has 0 aliphatic carbocycles. The predicted octanol–water partition coefficient (Wildman–Crippen LogP) is 3.69. The smallest absolute Gasteiger partial charge is 0.286 e. The Morgan fingerprint density at radius 2 is 2.06 bits per heavy atom. The first-order chi connectivity index (χ1) is 15.0. The molecule has 0 fully saturated rings. The molecule has 1 aliphatic heterocycles. The number of carbonyl (C=O) groups excluding carboxylic acids is 2. The van der Waals surface area contributed by atoms with E-state index < -0.39 is 0 Å². The molecule has 2 aromatic carbocycles. The summed E-state index contributed by atoms with van der Waals surface area (Å²) in [6.45, 7) is 0.00307.